The standard InChI is InChI=1S/C9H5NOS/c11-9-6-4-12-5-8(6)10-3-1-2-7(9)10/h1-5H. The Kier molecular flexibility index (Phi) is 0.966. The first-order valence-electron chi connectivity index (χ1n) is 3.66. The summed E-state index contributed by atoms with van der Waals surface area (Å²) in [5.74, 6) is 0.149. The van der Waals surface area contributed by atoms with Crippen molar-refractivity contribution < 1.29 is 4.79 Å². The summed E-state index contributed by atoms with van der Waals surface area (Å²) < 4.78 is 1.94. The van der Waals surface area contributed by atoms with Crippen LogP contribution in [0.3, 0.4) is 0 Å². The Morgan fingerprint density at radius 3 is 3.17 bits per heavy atom. The summed E-state index contributed by atoms with van der Waals surface area (Å²) in [5.41, 5.74) is 2.66. The highest BCUT2D eigenvalue weighted by Gasteiger charge is 2.26. The van der Waals surface area contributed by atoms with E-state index in [4.69, 9.17) is 0 Å². The highest BCUT2D eigenvalue weighted by molar-refractivity contribution is 7.08. The second-order valence-electron chi connectivity index (χ2n) is 2.76. The van der Waals surface area contributed by atoms with Gasteiger partial charge in [0.1, 0.15) is 0 Å². The number of hydrogen-bond acceptors (Lipinski definition) is 2. The van der Waals surface area contributed by atoms with E-state index in [1.54, 1.807) is 11.3 Å². The normalized spacial score (nSPS) is 13.2. The number of carbonyl (C=O) groups is 1. The van der Waals surface area contributed by atoms with E-state index in [1.807, 2.05) is 33.7 Å². The van der Waals surface area contributed by atoms with E-state index in [-0.39, 0.29) is 5.78 Å². The van der Waals surface area contributed by atoms with Crippen LogP contribution in [0.15, 0.2) is 29.1 Å². The van der Waals surface area contributed by atoms with Crippen LogP contribution >= 0.6 is 11.3 Å². The maximum atomic E-state index is 11.6. The molecule has 0 fully saturated rings. The van der Waals surface area contributed by atoms with Crippen LogP contribution in [0.4, 0.5) is 0 Å². The van der Waals surface area contributed by atoms with Crippen LogP contribution in [-0.2, 0) is 0 Å². The molecule has 0 saturated heterocycles. The van der Waals surface area contributed by atoms with Gasteiger partial charge in [0.15, 0.2) is 0 Å². The summed E-state index contributed by atoms with van der Waals surface area (Å²) in [6.45, 7) is 0. The SMILES string of the molecule is O=C1c2cscc2-n2cccc21. The summed E-state index contributed by atoms with van der Waals surface area (Å²) >= 11 is 1.57. The molecule has 2 aromatic rings. The monoisotopic (exact) mass is 175 g/mol. The predicted molar refractivity (Wildman–Crippen MR) is 47.1 cm³/mol. The van der Waals surface area contributed by atoms with Gasteiger partial charge in [0, 0.05) is 17.0 Å². The third-order valence-electron chi connectivity index (χ3n) is 2.13. The summed E-state index contributed by atoms with van der Waals surface area (Å²) in [4.78, 5) is 11.6. The first kappa shape index (κ1) is 6.20. The number of fused-ring (bicyclic) bond motifs is 3. The molecule has 0 amide bonds. The second-order valence-corrected chi connectivity index (χ2v) is 3.51. The van der Waals surface area contributed by atoms with Crippen molar-refractivity contribution in [1.82, 2.24) is 4.57 Å². The smallest absolute Gasteiger partial charge is 0.212 e. The minimum atomic E-state index is 0.149. The maximum Gasteiger partial charge on any atom is 0.212 e. The Labute approximate surface area is 73.1 Å². The van der Waals surface area contributed by atoms with Gasteiger partial charge in [-0.2, -0.15) is 0 Å². The Balaban J connectivity index is 2.47. The molecule has 2 nitrogen and oxygen atoms in total. The van der Waals surface area contributed by atoms with Gasteiger partial charge in [-0.25, -0.2) is 0 Å². The Morgan fingerprint density at radius 2 is 2.25 bits per heavy atom. The van der Waals surface area contributed by atoms with Gasteiger partial charge >= 0.3 is 0 Å². The molecule has 1 aliphatic rings. The van der Waals surface area contributed by atoms with Crippen molar-refractivity contribution in [2.24, 2.45) is 0 Å². The highest BCUT2D eigenvalue weighted by Crippen LogP contribution is 2.30. The van der Waals surface area contributed by atoms with Crippen LogP contribution in [-0.4, -0.2) is 10.4 Å². The van der Waals surface area contributed by atoms with E-state index < -0.39 is 0 Å². The summed E-state index contributed by atoms with van der Waals surface area (Å²) in [6, 6.07) is 3.75. The Morgan fingerprint density at radius 1 is 1.33 bits per heavy atom. The van der Waals surface area contributed by atoms with E-state index in [0.717, 1.165) is 16.9 Å². The van der Waals surface area contributed by atoms with Crippen molar-refractivity contribution in [2.75, 3.05) is 0 Å². The topological polar surface area (TPSA) is 22.0 Å². The summed E-state index contributed by atoms with van der Waals surface area (Å²) in [6.07, 6.45) is 1.92. The third-order valence-corrected chi connectivity index (χ3v) is 2.86. The number of rotatable bonds is 0. The van der Waals surface area contributed by atoms with Crippen molar-refractivity contribution in [3.05, 3.63) is 40.3 Å². The number of carbonyl (C=O) groups excluding carboxylic acids is 1. The van der Waals surface area contributed by atoms with Gasteiger partial charge in [0.25, 0.3) is 0 Å². The number of thiophene rings is 1. The molecule has 2 aromatic heterocycles. The van der Waals surface area contributed by atoms with Crippen LogP contribution in [0, 0.1) is 0 Å². The van der Waals surface area contributed by atoms with Crippen LogP contribution in [0.1, 0.15) is 16.1 Å². The van der Waals surface area contributed by atoms with Gasteiger partial charge in [-0.05, 0) is 12.1 Å². The average Bonchev–Trinajstić information content (AvgIpc) is 2.72. The molecule has 0 atom stereocenters. The van der Waals surface area contributed by atoms with E-state index in [2.05, 4.69) is 0 Å². The lowest BCUT2D eigenvalue weighted by Gasteiger charge is -1.92. The molecule has 0 aromatic carbocycles. The van der Waals surface area contributed by atoms with Crippen molar-refractivity contribution >= 4 is 17.1 Å². The number of hydrogen-bond donors (Lipinski definition) is 0. The molecule has 0 radical (unpaired) electrons. The van der Waals surface area contributed by atoms with Gasteiger partial charge < -0.3 is 4.57 Å². The van der Waals surface area contributed by atoms with Gasteiger partial charge in [-0.15, -0.1) is 11.3 Å². The molecule has 0 spiro atoms. The molecule has 12 heavy (non-hydrogen) atoms. The minimum Gasteiger partial charge on any atom is -0.312 e. The summed E-state index contributed by atoms with van der Waals surface area (Å²) in [5, 5.41) is 3.91. The fourth-order valence-corrected chi connectivity index (χ4v) is 2.36. The quantitative estimate of drug-likeness (QED) is 0.512. The zero-order chi connectivity index (χ0) is 8.13. The van der Waals surface area contributed by atoms with E-state index >= 15 is 0 Å². The van der Waals surface area contributed by atoms with Gasteiger partial charge in [-0.3, -0.25) is 4.79 Å². The molecule has 3 heterocycles. The lowest BCUT2D eigenvalue weighted by Crippen LogP contribution is -1.93. The molecule has 0 saturated carbocycles. The van der Waals surface area contributed by atoms with Crippen molar-refractivity contribution in [3.8, 4) is 5.69 Å². The predicted octanol–water partition coefficient (Wildman–Crippen LogP) is 2.08. The number of aromatic nitrogens is 1. The molecule has 3 rings (SSSR count). The lowest BCUT2D eigenvalue weighted by atomic mass is 10.2. The third kappa shape index (κ3) is 0.539. The number of nitrogens with zero attached hydrogens (tertiary/aromatic N) is 1. The first-order valence-corrected chi connectivity index (χ1v) is 4.61. The van der Waals surface area contributed by atoms with Crippen LogP contribution in [0.25, 0.3) is 5.69 Å². The van der Waals surface area contributed by atoms with E-state index in [9.17, 15) is 4.79 Å². The van der Waals surface area contributed by atoms with E-state index in [1.165, 1.54) is 0 Å². The fraction of sp³-hybridized carbons (Fsp3) is 0. The maximum absolute atomic E-state index is 11.6. The molecular formula is C9H5NOS. The van der Waals surface area contributed by atoms with Gasteiger partial charge in [0.2, 0.25) is 5.78 Å². The zero-order valence-electron chi connectivity index (χ0n) is 6.15. The molecule has 0 N–H and O–H groups in total. The molecule has 58 valence electrons. The molecule has 0 unspecified atom stereocenters. The molecule has 1 aliphatic heterocycles. The van der Waals surface area contributed by atoms with Gasteiger partial charge in [0.05, 0.1) is 16.9 Å². The first-order chi connectivity index (χ1) is 5.88. The lowest BCUT2D eigenvalue weighted by molar-refractivity contribution is 0.104. The second kappa shape index (κ2) is 1.87. The van der Waals surface area contributed by atoms with Crippen molar-refractivity contribution in [3.63, 3.8) is 0 Å². The van der Waals surface area contributed by atoms with Crippen LogP contribution in [0.5, 0.6) is 0 Å². The highest BCUT2D eigenvalue weighted by atomic mass is 32.1. The van der Waals surface area contributed by atoms with Crippen molar-refractivity contribution in [1.29, 1.82) is 0 Å². The molecule has 0 bridgehead atoms. The minimum absolute atomic E-state index is 0.149. The molecule has 3 heteroatoms. The zero-order valence-corrected chi connectivity index (χ0v) is 6.97. The van der Waals surface area contributed by atoms with E-state index in [0.29, 0.717) is 0 Å². The van der Waals surface area contributed by atoms with Gasteiger partial charge in [-0.1, -0.05) is 0 Å². The average molecular weight is 175 g/mol. The van der Waals surface area contributed by atoms with Crippen LogP contribution in [0.2, 0.25) is 0 Å². The molecule has 0 aliphatic carbocycles. The Bertz CT molecular complexity index is 424. The van der Waals surface area contributed by atoms with Crippen LogP contribution < -0.4 is 0 Å². The molecular weight excluding hydrogens is 170 g/mol. The summed E-state index contributed by atoms with van der Waals surface area (Å²) in [7, 11) is 0. The number of ketones is 1. The Hall–Kier alpha value is -1.35. The fourth-order valence-electron chi connectivity index (χ4n) is 1.56. The largest absolute Gasteiger partial charge is 0.312 e. The van der Waals surface area contributed by atoms with Crippen molar-refractivity contribution in [2.45, 2.75) is 0 Å².